The Morgan fingerprint density at radius 2 is 2.27 bits per heavy atom. The van der Waals surface area contributed by atoms with Gasteiger partial charge in [-0.15, -0.1) is 0 Å². The number of aryl methyl sites for hydroxylation is 1. The molecule has 0 spiro atoms. The van der Waals surface area contributed by atoms with E-state index in [-0.39, 0.29) is 5.56 Å². The maximum absolute atomic E-state index is 10.9. The first-order chi connectivity index (χ1) is 7.22. The number of carbonyl (C=O) groups is 1. The molecule has 0 fully saturated rings. The monoisotopic (exact) mass is 202 g/mol. The Bertz CT molecular complexity index is 523. The van der Waals surface area contributed by atoms with E-state index in [9.17, 15) is 4.79 Å². The number of nitrogens with zero attached hydrogens (tertiary/aromatic N) is 2. The fourth-order valence-corrected chi connectivity index (χ4v) is 1.42. The fraction of sp³-hybridized carbons (Fsp3) is 0.182. The molecule has 15 heavy (non-hydrogen) atoms. The minimum atomic E-state index is -0.973. The van der Waals surface area contributed by atoms with Crippen molar-refractivity contribution in [2.45, 2.75) is 13.3 Å². The third kappa shape index (κ3) is 1.66. The molecular formula is C11H10N2O2. The van der Waals surface area contributed by atoms with Crippen molar-refractivity contribution in [3.63, 3.8) is 0 Å². The lowest BCUT2D eigenvalue weighted by Gasteiger charge is -2.02. The fourth-order valence-electron chi connectivity index (χ4n) is 1.42. The quantitative estimate of drug-likeness (QED) is 0.807. The van der Waals surface area contributed by atoms with Crippen LogP contribution in [0.4, 0.5) is 0 Å². The predicted molar refractivity (Wildman–Crippen MR) is 55.9 cm³/mol. The third-order valence-electron chi connectivity index (χ3n) is 2.21. The summed E-state index contributed by atoms with van der Waals surface area (Å²) in [5.41, 5.74) is 2.14. The molecule has 76 valence electrons. The number of hydrogen-bond donors (Lipinski definition) is 1. The summed E-state index contributed by atoms with van der Waals surface area (Å²) >= 11 is 0. The van der Waals surface area contributed by atoms with Crippen LogP contribution < -0.4 is 0 Å². The molecule has 1 N–H and O–H groups in total. The molecule has 0 aliphatic carbocycles. The molecule has 1 heterocycles. The number of fused-ring (bicyclic) bond motifs is 1. The van der Waals surface area contributed by atoms with Gasteiger partial charge in [-0.25, -0.2) is 9.78 Å². The van der Waals surface area contributed by atoms with Crippen LogP contribution in [0.1, 0.15) is 23.0 Å². The smallest absolute Gasteiger partial charge is 0.337 e. The average Bonchev–Trinajstić information content (AvgIpc) is 2.27. The minimum Gasteiger partial charge on any atom is -0.478 e. The highest BCUT2D eigenvalue weighted by atomic mass is 16.4. The molecule has 4 nitrogen and oxygen atoms in total. The summed E-state index contributed by atoms with van der Waals surface area (Å²) in [6, 6.07) is 4.98. The van der Waals surface area contributed by atoms with Crippen LogP contribution in [-0.2, 0) is 6.42 Å². The number of para-hydroxylation sites is 1. The van der Waals surface area contributed by atoms with Gasteiger partial charge in [0.2, 0.25) is 0 Å². The lowest BCUT2D eigenvalue weighted by molar-refractivity contribution is 0.0699. The van der Waals surface area contributed by atoms with Gasteiger partial charge in [-0.1, -0.05) is 13.0 Å². The number of aromatic nitrogens is 2. The molecule has 2 aromatic rings. The zero-order valence-electron chi connectivity index (χ0n) is 8.27. The SMILES string of the molecule is CCc1cnc2c(C(=O)O)cccc2n1. The van der Waals surface area contributed by atoms with Crippen molar-refractivity contribution in [1.82, 2.24) is 9.97 Å². The summed E-state index contributed by atoms with van der Waals surface area (Å²) in [5, 5.41) is 8.94. The van der Waals surface area contributed by atoms with E-state index in [1.165, 1.54) is 6.07 Å². The molecule has 1 aromatic carbocycles. The van der Waals surface area contributed by atoms with E-state index in [0.29, 0.717) is 11.0 Å². The van der Waals surface area contributed by atoms with Gasteiger partial charge in [0, 0.05) is 6.20 Å². The lowest BCUT2D eigenvalue weighted by atomic mass is 10.1. The van der Waals surface area contributed by atoms with Gasteiger partial charge in [0.1, 0.15) is 5.52 Å². The van der Waals surface area contributed by atoms with Gasteiger partial charge < -0.3 is 5.11 Å². The maximum atomic E-state index is 10.9. The molecule has 0 saturated heterocycles. The number of rotatable bonds is 2. The van der Waals surface area contributed by atoms with Crippen LogP contribution in [0.25, 0.3) is 11.0 Å². The Hall–Kier alpha value is -1.97. The molecule has 0 atom stereocenters. The molecule has 1 aromatic heterocycles. The maximum Gasteiger partial charge on any atom is 0.337 e. The Morgan fingerprint density at radius 3 is 2.93 bits per heavy atom. The standard InChI is InChI=1S/C11H10N2O2/c1-2-7-6-12-10-8(11(14)15)4-3-5-9(10)13-7/h3-6H,2H2,1H3,(H,14,15). The zero-order valence-corrected chi connectivity index (χ0v) is 8.27. The first-order valence-corrected chi connectivity index (χ1v) is 4.70. The second kappa shape index (κ2) is 3.65. The Labute approximate surface area is 86.6 Å². The van der Waals surface area contributed by atoms with Crippen LogP contribution in [0.3, 0.4) is 0 Å². The molecule has 0 radical (unpaired) electrons. The second-order valence-electron chi connectivity index (χ2n) is 3.19. The van der Waals surface area contributed by atoms with Crippen LogP contribution in [0, 0.1) is 0 Å². The van der Waals surface area contributed by atoms with Crippen molar-refractivity contribution < 1.29 is 9.90 Å². The highest BCUT2D eigenvalue weighted by molar-refractivity contribution is 6.00. The first-order valence-electron chi connectivity index (χ1n) is 4.70. The third-order valence-corrected chi connectivity index (χ3v) is 2.21. The summed E-state index contributed by atoms with van der Waals surface area (Å²) in [7, 11) is 0. The van der Waals surface area contributed by atoms with Crippen molar-refractivity contribution in [3.05, 3.63) is 35.7 Å². The van der Waals surface area contributed by atoms with Crippen LogP contribution in [0.5, 0.6) is 0 Å². The van der Waals surface area contributed by atoms with Gasteiger partial charge in [-0.2, -0.15) is 0 Å². The highest BCUT2D eigenvalue weighted by Gasteiger charge is 2.09. The number of benzene rings is 1. The van der Waals surface area contributed by atoms with Gasteiger partial charge in [-0.3, -0.25) is 4.98 Å². The van der Waals surface area contributed by atoms with Crippen molar-refractivity contribution in [2.75, 3.05) is 0 Å². The predicted octanol–water partition coefficient (Wildman–Crippen LogP) is 1.89. The summed E-state index contributed by atoms with van der Waals surface area (Å²) < 4.78 is 0. The van der Waals surface area contributed by atoms with Crippen molar-refractivity contribution in [2.24, 2.45) is 0 Å². The minimum absolute atomic E-state index is 0.197. The molecular weight excluding hydrogens is 192 g/mol. The molecule has 0 aliphatic rings. The Morgan fingerprint density at radius 1 is 1.47 bits per heavy atom. The zero-order chi connectivity index (χ0) is 10.8. The average molecular weight is 202 g/mol. The summed E-state index contributed by atoms with van der Waals surface area (Å²) in [6.07, 6.45) is 2.41. The van der Waals surface area contributed by atoms with Crippen LogP contribution in [0.15, 0.2) is 24.4 Å². The summed E-state index contributed by atoms with van der Waals surface area (Å²) in [5.74, 6) is -0.973. The molecule has 2 rings (SSSR count). The van der Waals surface area contributed by atoms with E-state index in [2.05, 4.69) is 9.97 Å². The summed E-state index contributed by atoms with van der Waals surface area (Å²) in [6.45, 7) is 1.98. The van der Waals surface area contributed by atoms with Crippen LogP contribution in [-0.4, -0.2) is 21.0 Å². The Kier molecular flexibility index (Phi) is 2.33. The second-order valence-corrected chi connectivity index (χ2v) is 3.19. The molecule has 0 saturated carbocycles. The first kappa shape index (κ1) is 9.58. The number of carboxylic acid groups (broad SMARTS) is 1. The normalized spacial score (nSPS) is 10.5. The van der Waals surface area contributed by atoms with Gasteiger partial charge in [0.25, 0.3) is 0 Å². The molecule has 0 amide bonds. The molecule has 0 unspecified atom stereocenters. The van der Waals surface area contributed by atoms with E-state index in [0.717, 1.165) is 12.1 Å². The van der Waals surface area contributed by atoms with Crippen molar-refractivity contribution in [1.29, 1.82) is 0 Å². The summed E-state index contributed by atoms with van der Waals surface area (Å²) in [4.78, 5) is 19.3. The van der Waals surface area contributed by atoms with E-state index in [1.807, 2.05) is 6.92 Å². The molecule has 4 heteroatoms. The number of aromatic carboxylic acids is 1. The van der Waals surface area contributed by atoms with Crippen molar-refractivity contribution in [3.8, 4) is 0 Å². The van der Waals surface area contributed by atoms with Gasteiger partial charge in [0.15, 0.2) is 0 Å². The van der Waals surface area contributed by atoms with E-state index in [1.54, 1.807) is 18.3 Å². The van der Waals surface area contributed by atoms with Gasteiger partial charge in [-0.05, 0) is 18.6 Å². The van der Waals surface area contributed by atoms with Gasteiger partial charge in [0.05, 0.1) is 16.8 Å². The van der Waals surface area contributed by atoms with Gasteiger partial charge >= 0.3 is 5.97 Å². The lowest BCUT2D eigenvalue weighted by Crippen LogP contribution is -2.00. The van der Waals surface area contributed by atoms with E-state index >= 15 is 0 Å². The number of carboxylic acids is 1. The van der Waals surface area contributed by atoms with Crippen molar-refractivity contribution >= 4 is 17.0 Å². The highest BCUT2D eigenvalue weighted by Crippen LogP contribution is 2.14. The largest absolute Gasteiger partial charge is 0.478 e. The number of hydrogen-bond acceptors (Lipinski definition) is 3. The Balaban J connectivity index is 2.72. The van der Waals surface area contributed by atoms with E-state index < -0.39 is 5.97 Å². The molecule has 0 aliphatic heterocycles. The van der Waals surface area contributed by atoms with E-state index in [4.69, 9.17) is 5.11 Å². The van der Waals surface area contributed by atoms with Crippen LogP contribution in [0.2, 0.25) is 0 Å². The topological polar surface area (TPSA) is 63.1 Å². The van der Waals surface area contributed by atoms with Crippen LogP contribution >= 0.6 is 0 Å². The molecule has 0 bridgehead atoms.